The highest BCUT2D eigenvalue weighted by molar-refractivity contribution is 7.15. The summed E-state index contributed by atoms with van der Waals surface area (Å²) in [6, 6.07) is 18.6. The van der Waals surface area contributed by atoms with Crippen LogP contribution in [0, 0.1) is 22.7 Å². The van der Waals surface area contributed by atoms with Crippen molar-refractivity contribution >= 4 is 22.4 Å². The van der Waals surface area contributed by atoms with Crippen molar-refractivity contribution in [3.63, 3.8) is 0 Å². The lowest BCUT2D eigenvalue weighted by Gasteiger charge is -2.03. The minimum atomic E-state index is -0.246. The zero-order valence-electron chi connectivity index (χ0n) is 13.8. The second kappa shape index (κ2) is 8.06. The van der Waals surface area contributed by atoms with Gasteiger partial charge in [0.15, 0.2) is 5.13 Å². The summed E-state index contributed by atoms with van der Waals surface area (Å²) in [5, 5.41) is 20.9. The number of carbonyl (C=O) groups excluding carboxylic acids is 1. The summed E-state index contributed by atoms with van der Waals surface area (Å²) in [5.41, 5.74) is 3.02. The van der Waals surface area contributed by atoms with E-state index >= 15 is 0 Å². The van der Waals surface area contributed by atoms with Crippen molar-refractivity contribution in [3.05, 3.63) is 81.9 Å². The number of hydrogen-bond acceptors (Lipinski definition) is 5. The number of nitrogens with zero attached hydrogens (tertiary/aromatic N) is 3. The van der Waals surface area contributed by atoms with Gasteiger partial charge in [0.25, 0.3) is 5.91 Å². The zero-order valence-corrected chi connectivity index (χ0v) is 14.6. The maximum Gasteiger partial charge on any atom is 0.257 e. The maximum absolute atomic E-state index is 12.4. The molecular formula is C20H14N4OS. The molecule has 3 aromatic rings. The third-order valence-electron chi connectivity index (χ3n) is 3.71. The van der Waals surface area contributed by atoms with Crippen LogP contribution in [0.25, 0.3) is 0 Å². The summed E-state index contributed by atoms with van der Waals surface area (Å²) in [4.78, 5) is 17.6. The van der Waals surface area contributed by atoms with Crippen LogP contribution >= 0.6 is 11.3 Å². The van der Waals surface area contributed by atoms with E-state index in [1.165, 1.54) is 11.3 Å². The Morgan fingerprint density at radius 3 is 2.65 bits per heavy atom. The largest absolute Gasteiger partial charge is 0.298 e. The van der Waals surface area contributed by atoms with Gasteiger partial charge in [-0.2, -0.15) is 10.5 Å². The van der Waals surface area contributed by atoms with Gasteiger partial charge in [0, 0.05) is 23.1 Å². The van der Waals surface area contributed by atoms with E-state index in [9.17, 15) is 4.79 Å². The monoisotopic (exact) mass is 358 g/mol. The molecular weight excluding hydrogens is 344 g/mol. The Hall–Kier alpha value is -3.48. The molecule has 6 heteroatoms. The minimum Gasteiger partial charge on any atom is -0.298 e. The molecule has 0 aliphatic rings. The third-order valence-corrected chi connectivity index (χ3v) is 4.62. The number of carbonyl (C=O) groups is 1. The van der Waals surface area contributed by atoms with Gasteiger partial charge in [0.1, 0.15) is 0 Å². The topological polar surface area (TPSA) is 89.6 Å². The summed E-state index contributed by atoms with van der Waals surface area (Å²) in [5.74, 6) is -0.246. The quantitative estimate of drug-likeness (QED) is 0.748. The molecule has 0 unspecified atom stereocenters. The number of benzene rings is 2. The van der Waals surface area contributed by atoms with Crippen LogP contribution in [0.4, 0.5) is 5.13 Å². The Balaban J connectivity index is 1.66. The Morgan fingerprint density at radius 2 is 1.92 bits per heavy atom. The molecule has 0 bridgehead atoms. The van der Waals surface area contributed by atoms with Crippen LogP contribution < -0.4 is 5.32 Å². The first-order valence-electron chi connectivity index (χ1n) is 7.89. The fraction of sp³-hybridized carbons (Fsp3) is 0.100. The van der Waals surface area contributed by atoms with Gasteiger partial charge in [-0.3, -0.25) is 10.1 Å². The van der Waals surface area contributed by atoms with Crippen molar-refractivity contribution in [2.45, 2.75) is 12.8 Å². The molecule has 1 heterocycles. The fourth-order valence-electron chi connectivity index (χ4n) is 2.43. The van der Waals surface area contributed by atoms with E-state index in [1.54, 1.807) is 36.5 Å². The lowest BCUT2D eigenvalue weighted by molar-refractivity contribution is 0.102. The van der Waals surface area contributed by atoms with Crippen molar-refractivity contribution in [1.29, 1.82) is 10.5 Å². The van der Waals surface area contributed by atoms with E-state index in [0.717, 1.165) is 16.0 Å². The van der Waals surface area contributed by atoms with Gasteiger partial charge in [0.05, 0.1) is 24.1 Å². The first kappa shape index (κ1) is 17.3. The van der Waals surface area contributed by atoms with E-state index < -0.39 is 0 Å². The normalized spacial score (nSPS) is 9.92. The molecule has 0 saturated heterocycles. The molecule has 0 saturated carbocycles. The number of nitriles is 2. The van der Waals surface area contributed by atoms with Gasteiger partial charge in [-0.25, -0.2) is 4.98 Å². The van der Waals surface area contributed by atoms with E-state index in [4.69, 9.17) is 10.5 Å². The molecule has 3 rings (SSSR count). The number of amides is 1. The highest BCUT2D eigenvalue weighted by Gasteiger charge is 2.10. The Bertz CT molecular complexity index is 1010. The molecule has 1 aromatic heterocycles. The number of nitrogens with one attached hydrogen (secondary N) is 1. The number of aromatic nitrogens is 1. The van der Waals surface area contributed by atoms with E-state index in [0.29, 0.717) is 22.7 Å². The van der Waals surface area contributed by atoms with Crippen LogP contribution in [0.3, 0.4) is 0 Å². The number of anilines is 1. The summed E-state index contributed by atoms with van der Waals surface area (Å²) in [6.07, 6.45) is 2.70. The molecule has 2 aromatic carbocycles. The maximum atomic E-state index is 12.4. The number of thiazole rings is 1. The SMILES string of the molecule is N#CCc1cccc(C(=O)Nc2ncc(Cc3ccc(C#N)cc3)s2)c1. The predicted octanol–water partition coefficient (Wildman–Crippen LogP) is 3.92. The molecule has 0 spiro atoms. The molecule has 126 valence electrons. The first-order valence-corrected chi connectivity index (χ1v) is 8.70. The Labute approximate surface area is 155 Å². The molecule has 26 heavy (non-hydrogen) atoms. The average Bonchev–Trinajstić information content (AvgIpc) is 3.09. The van der Waals surface area contributed by atoms with Crippen LogP contribution in [-0.2, 0) is 12.8 Å². The highest BCUT2D eigenvalue weighted by atomic mass is 32.1. The van der Waals surface area contributed by atoms with Crippen LogP contribution in [0.15, 0.2) is 54.7 Å². The molecule has 0 atom stereocenters. The second-order valence-corrected chi connectivity index (χ2v) is 6.72. The van der Waals surface area contributed by atoms with Crippen molar-refractivity contribution < 1.29 is 4.79 Å². The Morgan fingerprint density at radius 1 is 1.12 bits per heavy atom. The number of hydrogen-bond donors (Lipinski definition) is 1. The highest BCUT2D eigenvalue weighted by Crippen LogP contribution is 2.22. The lowest BCUT2D eigenvalue weighted by atomic mass is 10.1. The lowest BCUT2D eigenvalue weighted by Crippen LogP contribution is -2.11. The molecule has 1 N–H and O–H groups in total. The second-order valence-electron chi connectivity index (χ2n) is 5.61. The van der Waals surface area contributed by atoms with E-state index in [-0.39, 0.29) is 12.3 Å². The Kier molecular flexibility index (Phi) is 5.38. The van der Waals surface area contributed by atoms with Gasteiger partial charge in [0.2, 0.25) is 0 Å². The standard InChI is InChI=1S/C20H14N4OS/c21-9-8-14-2-1-3-17(10-14)19(25)24-20-23-13-18(26-20)11-15-4-6-16(12-22)7-5-15/h1-7,10,13H,8,11H2,(H,23,24,25). The van der Waals surface area contributed by atoms with Crippen LogP contribution in [-0.4, -0.2) is 10.9 Å². The summed E-state index contributed by atoms with van der Waals surface area (Å²) < 4.78 is 0. The molecule has 0 aliphatic carbocycles. The van der Waals surface area contributed by atoms with Crippen molar-refractivity contribution in [2.24, 2.45) is 0 Å². The van der Waals surface area contributed by atoms with Crippen molar-refractivity contribution in [2.75, 3.05) is 5.32 Å². The van der Waals surface area contributed by atoms with Crippen LogP contribution in [0.5, 0.6) is 0 Å². The smallest absolute Gasteiger partial charge is 0.257 e. The van der Waals surface area contributed by atoms with Gasteiger partial charge >= 0.3 is 0 Å². The molecule has 0 aliphatic heterocycles. The van der Waals surface area contributed by atoms with E-state index in [2.05, 4.69) is 22.4 Å². The third kappa shape index (κ3) is 4.32. The van der Waals surface area contributed by atoms with Gasteiger partial charge in [-0.05, 0) is 35.4 Å². The molecule has 0 radical (unpaired) electrons. The van der Waals surface area contributed by atoms with Gasteiger partial charge < -0.3 is 0 Å². The first-order chi connectivity index (χ1) is 12.7. The van der Waals surface area contributed by atoms with E-state index in [1.807, 2.05) is 18.2 Å². The summed E-state index contributed by atoms with van der Waals surface area (Å²) in [7, 11) is 0. The average molecular weight is 358 g/mol. The fourth-order valence-corrected chi connectivity index (χ4v) is 3.27. The van der Waals surface area contributed by atoms with Gasteiger partial charge in [-0.1, -0.05) is 24.3 Å². The minimum absolute atomic E-state index is 0.246. The van der Waals surface area contributed by atoms with Crippen LogP contribution in [0.2, 0.25) is 0 Å². The summed E-state index contributed by atoms with van der Waals surface area (Å²) in [6.45, 7) is 0. The number of rotatable bonds is 5. The van der Waals surface area contributed by atoms with Crippen molar-refractivity contribution in [3.8, 4) is 12.1 Å². The molecule has 0 fully saturated rings. The zero-order chi connectivity index (χ0) is 18.4. The van der Waals surface area contributed by atoms with Crippen molar-refractivity contribution in [1.82, 2.24) is 4.98 Å². The molecule has 5 nitrogen and oxygen atoms in total. The molecule has 1 amide bonds. The summed E-state index contributed by atoms with van der Waals surface area (Å²) >= 11 is 1.41. The van der Waals surface area contributed by atoms with Crippen LogP contribution in [0.1, 0.15) is 31.9 Å². The predicted molar refractivity (Wildman–Crippen MR) is 99.8 cm³/mol. The van der Waals surface area contributed by atoms with Gasteiger partial charge in [-0.15, -0.1) is 11.3 Å².